The number of hydrogen-bond donors (Lipinski definition) is 4. The molecule has 1 unspecified atom stereocenters. The molecule has 0 spiro atoms. The van der Waals surface area contributed by atoms with Gasteiger partial charge in [0.15, 0.2) is 0 Å². The third-order valence-electron chi connectivity index (χ3n) is 6.69. The van der Waals surface area contributed by atoms with E-state index in [-0.39, 0.29) is 24.7 Å². The summed E-state index contributed by atoms with van der Waals surface area (Å²) in [6.07, 6.45) is 20.7. The van der Waals surface area contributed by atoms with E-state index in [4.69, 9.17) is 5.11 Å². The SMILES string of the molecule is CCCCCCNC(=O)CCC(NC(=O)CCCCCCCCCCCCCCCCC(=O)O)C(=O)O. The first kappa shape index (κ1) is 34.9. The van der Waals surface area contributed by atoms with E-state index in [2.05, 4.69) is 17.6 Å². The van der Waals surface area contributed by atoms with Crippen molar-refractivity contribution in [3.05, 3.63) is 0 Å². The van der Waals surface area contributed by atoms with E-state index in [1.807, 2.05) is 0 Å². The molecule has 1 atom stereocenters. The first-order chi connectivity index (χ1) is 17.9. The summed E-state index contributed by atoms with van der Waals surface area (Å²) in [6, 6.07) is -1.02. The van der Waals surface area contributed by atoms with Gasteiger partial charge < -0.3 is 20.8 Å². The molecule has 37 heavy (non-hydrogen) atoms. The third-order valence-corrected chi connectivity index (χ3v) is 6.69. The van der Waals surface area contributed by atoms with Crippen LogP contribution in [0.5, 0.6) is 0 Å². The Bertz CT molecular complexity index is 611. The molecule has 0 saturated carbocycles. The Balaban J connectivity index is 3.62. The lowest BCUT2D eigenvalue weighted by Gasteiger charge is -2.14. The van der Waals surface area contributed by atoms with Crippen LogP contribution in [-0.2, 0) is 19.2 Å². The second-order valence-electron chi connectivity index (χ2n) is 10.3. The van der Waals surface area contributed by atoms with Crippen molar-refractivity contribution in [1.82, 2.24) is 10.6 Å². The van der Waals surface area contributed by atoms with Gasteiger partial charge in [-0.3, -0.25) is 14.4 Å². The highest BCUT2D eigenvalue weighted by Crippen LogP contribution is 2.14. The van der Waals surface area contributed by atoms with E-state index in [1.54, 1.807) is 0 Å². The summed E-state index contributed by atoms with van der Waals surface area (Å²) in [5, 5.41) is 23.4. The molecule has 8 nitrogen and oxygen atoms in total. The van der Waals surface area contributed by atoms with Gasteiger partial charge in [0.2, 0.25) is 11.8 Å². The maximum absolute atomic E-state index is 12.1. The maximum atomic E-state index is 12.1. The van der Waals surface area contributed by atoms with Gasteiger partial charge in [-0.1, -0.05) is 103 Å². The predicted octanol–water partition coefficient (Wildman–Crippen LogP) is 6.36. The van der Waals surface area contributed by atoms with Crippen LogP contribution in [0.3, 0.4) is 0 Å². The van der Waals surface area contributed by atoms with Crippen molar-refractivity contribution in [2.75, 3.05) is 6.54 Å². The molecule has 0 rings (SSSR count). The van der Waals surface area contributed by atoms with Gasteiger partial charge in [0.1, 0.15) is 6.04 Å². The molecule has 0 aromatic heterocycles. The van der Waals surface area contributed by atoms with Crippen LogP contribution in [0.15, 0.2) is 0 Å². The molecule has 0 bridgehead atoms. The normalized spacial score (nSPS) is 11.7. The van der Waals surface area contributed by atoms with E-state index in [9.17, 15) is 24.3 Å². The zero-order chi connectivity index (χ0) is 27.6. The first-order valence-electron chi connectivity index (χ1n) is 14.9. The average molecular weight is 527 g/mol. The minimum Gasteiger partial charge on any atom is -0.481 e. The molecule has 0 fully saturated rings. The number of carbonyl (C=O) groups excluding carboxylic acids is 2. The van der Waals surface area contributed by atoms with E-state index in [0.717, 1.165) is 70.6 Å². The summed E-state index contributed by atoms with van der Waals surface area (Å²) in [4.78, 5) is 45.9. The van der Waals surface area contributed by atoms with Gasteiger partial charge in [-0.05, 0) is 25.7 Å². The Hall–Kier alpha value is -2.12. The summed E-state index contributed by atoms with van der Waals surface area (Å²) in [6.45, 7) is 2.74. The van der Waals surface area contributed by atoms with Crippen LogP contribution in [-0.4, -0.2) is 46.6 Å². The van der Waals surface area contributed by atoms with E-state index >= 15 is 0 Å². The van der Waals surface area contributed by atoms with Crippen LogP contribution < -0.4 is 10.6 Å². The molecule has 216 valence electrons. The van der Waals surface area contributed by atoms with Gasteiger partial charge in [-0.2, -0.15) is 0 Å². The molecule has 0 aromatic carbocycles. The topological polar surface area (TPSA) is 133 Å². The highest BCUT2D eigenvalue weighted by atomic mass is 16.4. The van der Waals surface area contributed by atoms with Gasteiger partial charge in [0.05, 0.1) is 0 Å². The molecule has 0 radical (unpaired) electrons. The molecular weight excluding hydrogens is 472 g/mol. The molecule has 0 saturated heterocycles. The summed E-state index contributed by atoms with van der Waals surface area (Å²) < 4.78 is 0. The maximum Gasteiger partial charge on any atom is 0.326 e. The van der Waals surface area contributed by atoms with Gasteiger partial charge >= 0.3 is 11.9 Å². The van der Waals surface area contributed by atoms with Crippen LogP contribution in [0.2, 0.25) is 0 Å². The fourth-order valence-corrected chi connectivity index (χ4v) is 4.35. The quantitative estimate of drug-likeness (QED) is 0.0921. The highest BCUT2D eigenvalue weighted by molar-refractivity contribution is 5.84. The van der Waals surface area contributed by atoms with Crippen molar-refractivity contribution < 1.29 is 29.4 Å². The number of carboxylic acid groups (broad SMARTS) is 2. The molecule has 2 amide bonds. The lowest BCUT2D eigenvalue weighted by atomic mass is 10.0. The van der Waals surface area contributed by atoms with Crippen molar-refractivity contribution >= 4 is 23.8 Å². The molecule has 0 heterocycles. The Kier molecular flexibility index (Phi) is 24.1. The number of unbranched alkanes of at least 4 members (excludes halogenated alkanes) is 16. The number of rotatable bonds is 27. The molecule has 0 aromatic rings. The lowest BCUT2D eigenvalue weighted by Crippen LogP contribution is -2.41. The molecule has 0 aliphatic carbocycles. The van der Waals surface area contributed by atoms with Crippen LogP contribution in [0.1, 0.15) is 148 Å². The number of carbonyl (C=O) groups is 4. The van der Waals surface area contributed by atoms with Gasteiger partial charge in [0.25, 0.3) is 0 Å². The molecule has 0 aliphatic heterocycles. The van der Waals surface area contributed by atoms with E-state index < -0.39 is 18.0 Å². The Morgan fingerprint density at radius 1 is 0.568 bits per heavy atom. The smallest absolute Gasteiger partial charge is 0.326 e. The summed E-state index contributed by atoms with van der Waals surface area (Å²) in [5.41, 5.74) is 0. The highest BCUT2D eigenvalue weighted by Gasteiger charge is 2.20. The zero-order valence-corrected chi connectivity index (χ0v) is 23.4. The minimum atomic E-state index is -1.10. The molecular formula is C29H54N2O6. The number of carboxylic acids is 2. The van der Waals surface area contributed by atoms with Gasteiger partial charge in [0, 0.05) is 25.8 Å². The standard InChI is InChI=1S/C29H54N2O6/c1-2-3-4-19-24-30-26(32)23-22-25(29(36)37)31-27(33)20-17-15-13-11-9-7-5-6-8-10-12-14-16-18-21-28(34)35/h25H,2-24H2,1H3,(H,30,32)(H,31,33)(H,34,35)(H,36,37). The molecule has 8 heteroatoms. The zero-order valence-electron chi connectivity index (χ0n) is 23.4. The van der Waals surface area contributed by atoms with Gasteiger partial charge in [-0.15, -0.1) is 0 Å². The van der Waals surface area contributed by atoms with Crippen LogP contribution in [0.25, 0.3) is 0 Å². The molecule has 0 aliphatic rings. The third kappa shape index (κ3) is 25.3. The monoisotopic (exact) mass is 526 g/mol. The second-order valence-corrected chi connectivity index (χ2v) is 10.3. The van der Waals surface area contributed by atoms with Crippen LogP contribution in [0.4, 0.5) is 0 Å². The fraction of sp³-hybridized carbons (Fsp3) is 0.862. The number of aliphatic carboxylic acids is 2. The summed E-state index contributed by atoms with van der Waals surface area (Å²) in [7, 11) is 0. The lowest BCUT2D eigenvalue weighted by molar-refractivity contribution is -0.142. The molecule has 4 N–H and O–H groups in total. The predicted molar refractivity (Wildman–Crippen MR) is 147 cm³/mol. The van der Waals surface area contributed by atoms with Crippen molar-refractivity contribution in [2.24, 2.45) is 0 Å². The summed E-state index contributed by atoms with van der Waals surface area (Å²) >= 11 is 0. The van der Waals surface area contributed by atoms with Crippen LogP contribution >= 0.6 is 0 Å². The summed E-state index contributed by atoms with van der Waals surface area (Å²) in [5.74, 6) is -2.21. The van der Waals surface area contributed by atoms with Crippen LogP contribution in [0, 0.1) is 0 Å². The van der Waals surface area contributed by atoms with Gasteiger partial charge in [-0.25, -0.2) is 4.79 Å². The van der Waals surface area contributed by atoms with Crippen molar-refractivity contribution in [1.29, 1.82) is 0 Å². The van der Waals surface area contributed by atoms with Crippen molar-refractivity contribution in [3.63, 3.8) is 0 Å². The Morgan fingerprint density at radius 2 is 1.03 bits per heavy atom. The second kappa shape index (κ2) is 25.5. The minimum absolute atomic E-state index is 0.0968. The first-order valence-corrected chi connectivity index (χ1v) is 14.9. The van der Waals surface area contributed by atoms with E-state index in [0.29, 0.717) is 19.4 Å². The van der Waals surface area contributed by atoms with E-state index in [1.165, 1.54) is 44.9 Å². The Labute approximate surface area is 224 Å². The van der Waals surface area contributed by atoms with Crippen molar-refractivity contribution in [3.8, 4) is 0 Å². The Morgan fingerprint density at radius 3 is 1.49 bits per heavy atom. The number of nitrogens with one attached hydrogen (secondary N) is 2. The average Bonchev–Trinajstić information content (AvgIpc) is 2.85. The number of hydrogen-bond acceptors (Lipinski definition) is 4. The number of amides is 2. The largest absolute Gasteiger partial charge is 0.481 e. The van der Waals surface area contributed by atoms with Crippen molar-refractivity contribution in [2.45, 2.75) is 154 Å². The fourth-order valence-electron chi connectivity index (χ4n) is 4.35.